The van der Waals surface area contributed by atoms with Crippen LogP contribution in [0.25, 0.3) is 0 Å². The van der Waals surface area contributed by atoms with Crippen LogP contribution in [0.3, 0.4) is 0 Å². The molecule has 1 fully saturated rings. The standard InChI is InChI=1S/C8H10F3NO2S/c1-4-7(13)12-8(14-4)15-3-2-5(9)6(10)11/h4,8H,2-3H2,1H3,(H,12,13). The molecule has 86 valence electrons. The molecule has 0 aromatic heterocycles. The van der Waals surface area contributed by atoms with E-state index in [-0.39, 0.29) is 18.1 Å². The molecule has 1 aliphatic rings. The molecule has 1 amide bonds. The van der Waals surface area contributed by atoms with E-state index in [0.29, 0.717) is 0 Å². The minimum atomic E-state index is -2.29. The highest BCUT2D eigenvalue weighted by Crippen LogP contribution is 2.21. The summed E-state index contributed by atoms with van der Waals surface area (Å²) < 4.78 is 40.7. The van der Waals surface area contributed by atoms with Crippen molar-refractivity contribution >= 4 is 17.7 Å². The molecule has 0 radical (unpaired) electrons. The number of ether oxygens (including phenoxy) is 1. The average Bonchev–Trinajstić information content (AvgIpc) is 2.46. The monoisotopic (exact) mass is 241 g/mol. The summed E-state index contributed by atoms with van der Waals surface area (Å²) in [5, 5.41) is 2.48. The molecule has 3 nitrogen and oxygen atoms in total. The summed E-state index contributed by atoms with van der Waals surface area (Å²) in [7, 11) is 0. The molecule has 1 saturated heterocycles. The number of hydrogen-bond acceptors (Lipinski definition) is 3. The number of halogens is 3. The van der Waals surface area contributed by atoms with E-state index in [9.17, 15) is 18.0 Å². The lowest BCUT2D eigenvalue weighted by Gasteiger charge is -2.08. The minimum Gasteiger partial charge on any atom is -0.336 e. The minimum absolute atomic E-state index is 0.126. The van der Waals surface area contributed by atoms with Gasteiger partial charge >= 0.3 is 6.08 Å². The Morgan fingerprint density at radius 3 is 2.67 bits per heavy atom. The Hall–Kier alpha value is -0.690. The van der Waals surface area contributed by atoms with Crippen molar-refractivity contribution < 1.29 is 22.7 Å². The Morgan fingerprint density at radius 2 is 2.20 bits per heavy atom. The second-order valence-corrected chi connectivity index (χ2v) is 4.07. The number of amides is 1. The number of nitrogens with one attached hydrogen (secondary N) is 1. The maximum absolute atomic E-state index is 12.3. The lowest BCUT2D eigenvalue weighted by atomic mass is 10.4. The smallest absolute Gasteiger partial charge is 0.301 e. The molecule has 0 spiro atoms. The zero-order valence-electron chi connectivity index (χ0n) is 7.93. The third-order valence-corrected chi connectivity index (χ3v) is 2.72. The van der Waals surface area contributed by atoms with Gasteiger partial charge in [-0.15, -0.1) is 11.8 Å². The molecule has 0 aromatic rings. The molecule has 1 rings (SSSR count). The van der Waals surface area contributed by atoms with Crippen molar-refractivity contribution in [3.63, 3.8) is 0 Å². The van der Waals surface area contributed by atoms with Crippen molar-refractivity contribution in [2.24, 2.45) is 0 Å². The molecule has 1 N–H and O–H groups in total. The van der Waals surface area contributed by atoms with Gasteiger partial charge in [-0.1, -0.05) is 0 Å². The fraction of sp³-hybridized carbons (Fsp3) is 0.625. The first-order chi connectivity index (χ1) is 7.00. The maximum Gasteiger partial charge on any atom is 0.301 e. The van der Waals surface area contributed by atoms with Crippen LogP contribution in [-0.4, -0.2) is 23.3 Å². The highest BCUT2D eigenvalue weighted by atomic mass is 32.2. The number of rotatable bonds is 4. The van der Waals surface area contributed by atoms with E-state index in [2.05, 4.69) is 5.32 Å². The summed E-state index contributed by atoms with van der Waals surface area (Å²) >= 11 is 1.08. The number of thioether (sulfide) groups is 1. The number of hydrogen-bond donors (Lipinski definition) is 1. The van der Waals surface area contributed by atoms with Crippen molar-refractivity contribution in [3.05, 3.63) is 11.9 Å². The predicted molar refractivity (Wildman–Crippen MR) is 49.9 cm³/mol. The van der Waals surface area contributed by atoms with Crippen LogP contribution in [-0.2, 0) is 9.53 Å². The van der Waals surface area contributed by atoms with Gasteiger partial charge in [-0.05, 0) is 6.92 Å². The average molecular weight is 241 g/mol. The second kappa shape index (κ2) is 5.41. The first kappa shape index (κ1) is 12.4. The van der Waals surface area contributed by atoms with Crippen LogP contribution in [0.4, 0.5) is 13.2 Å². The van der Waals surface area contributed by atoms with Crippen molar-refractivity contribution in [2.75, 3.05) is 5.75 Å². The van der Waals surface area contributed by atoms with E-state index >= 15 is 0 Å². The Kier molecular flexibility index (Phi) is 4.46. The summed E-state index contributed by atoms with van der Waals surface area (Å²) in [5.74, 6) is -1.54. The molecular weight excluding hydrogens is 231 g/mol. The van der Waals surface area contributed by atoms with Crippen LogP contribution in [0, 0.1) is 0 Å². The van der Waals surface area contributed by atoms with Gasteiger partial charge in [-0.25, -0.2) is 4.39 Å². The third-order valence-electron chi connectivity index (χ3n) is 1.75. The van der Waals surface area contributed by atoms with Crippen molar-refractivity contribution in [3.8, 4) is 0 Å². The van der Waals surface area contributed by atoms with E-state index in [0.717, 1.165) is 11.8 Å². The highest BCUT2D eigenvalue weighted by Gasteiger charge is 2.28. The molecule has 0 bridgehead atoms. The first-order valence-corrected chi connectivity index (χ1v) is 5.32. The van der Waals surface area contributed by atoms with Gasteiger partial charge in [0.05, 0.1) is 0 Å². The summed E-state index contributed by atoms with van der Waals surface area (Å²) in [6, 6.07) is 0. The van der Waals surface area contributed by atoms with E-state index in [4.69, 9.17) is 4.74 Å². The Balaban J connectivity index is 2.22. The fourth-order valence-electron chi connectivity index (χ4n) is 0.946. The summed E-state index contributed by atoms with van der Waals surface area (Å²) in [6.07, 6.45) is -3.20. The maximum atomic E-state index is 12.3. The lowest BCUT2D eigenvalue weighted by molar-refractivity contribution is -0.122. The topological polar surface area (TPSA) is 38.3 Å². The number of carbonyl (C=O) groups excluding carboxylic acids is 1. The van der Waals surface area contributed by atoms with Gasteiger partial charge in [0.1, 0.15) is 6.10 Å². The van der Waals surface area contributed by atoms with Crippen molar-refractivity contribution in [1.29, 1.82) is 0 Å². The fourth-order valence-corrected chi connectivity index (χ4v) is 1.90. The van der Waals surface area contributed by atoms with Gasteiger partial charge in [-0.2, -0.15) is 8.78 Å². The van der Waals surface area contributed by atoms with Crippen LogP contribution in [0.15, 0.2) is 11.9 Å². The van der Waals surface area contributed by atoms with Crippen molar-refractivity contribution in [1.82, 2.24) is 5.32 Å². The summed E-state index contributed by atoms with van der Waals surface area (Å²) in [6.45, 7) is 1.58. The molecule has 1 heterocycles. The van der Waals surface area contributed by atoms with E-state index in [1.54, 1.807) is 6.92 Å². The molecule has 2 atom stereocenters. The molecule has 7 heteroatoms. The Bertz CT molecular complexity index is 281. The molecule has 1 aliphatic heterocycles. The molecule has 0 aliphatic carbocycles. The van der Waals surface area contributed by atoms with Crippen LogP contribution < -0.4 is 5.32 Å². The molecule has 2 unspecified atom stereocenters. The first-order valence-electron chi connectivity index (χ1n) is 4.28. The van der Waals surface area contributed by atoms with Crippen LogP contribution in [0.5, 0.6) is 0 Å². The Morgan fingerprint density at radius 1 is 1.53 bits per heavy atom. The zero-order valence-corrected chi connectivity index (χ0v) is 8.74. The SMILES string of the molecule is CC1OC(SCCC(F)=C(F)F)NC1=O. The molecular formula is C8H10F3NO2S. The quantitative estimate of drug-likeness (QED) is 0.818. The van der Waals surface area contributed by atoms with Gasteiger partial charge in [0, 0.05) is 12.2 Å². The number of allylic oxidation sites excluding steroid dienone is 1. The van der Waals surface area contributed by atoms with Crippen LogP contribution in [0.2, 0.25) is 0 Å². The third kappa shape index (κ3) is 3.75. The van der Waals surface area contributed by atoms with Crippen molar-refractivity contribution in [2.45, 2.75) is 25.0 Å². The van der Waals surface area contributed by atoms with Crippen LogP contribution >= 0.6 is 11.8 Å². The van der Waals surface area contributed by atoms with E-state index in [1.165, 1.54) is 0 Å². The summed E-state index contributed by atoms with van der Waals surface area (Å²) in [5.41, 5.74) is -0.567. The van der Waals surface area contributed by atoms with Crippen LogP contribution in [0.1, 0.15) is 13.3 Å². The largest absolute Gasteiger partial charge is 0.336 e. The second-order valence-electron chi connectivity index (χ2n) is 2.90. The lowest BCUT2D eigenvalue weighted by Crippen LogP contribution is -2.25. The Labute approximate surface area is 89.0 Å². The van der Waals surface area contributed by atoms with Gasteiger partial charge in [-0.3, -0.25) is 4.79 Å². The highest BCUT2D eigenvalue weighted by molar-refractivity contribution is 7.99. The van der Waals surface area contributed by atoms with Gasteiger partial charge in [0.25, 0.3) is 5.91 Å². The number of carbonyl (C=O) groups is 1. The molecule has 0 saturated carbocycles. The molecule has 0 aromatic carbocycles. The predicted octanol–water partition coefficient (Wildman–Crippen LogP) is 2.01. The van der Waals surface area contributed by atoms with Gasteiger partial charge in [0.15, 0.2) is 11.4 Å². The zero-order chi connectivity index (χ0) is 11.4. The van der Waals surface area contributed by atoms with Gasteiger partial charge < -0.3 is 10.1 Å². The van der Waals surface area contributed by atoms with E-state index in [1.807, 2.05) is 0 Å². The normalized spacial score (nSPS) is 25.2. The molecule has 15 heavy (non-hydrogen) atoms. The summed E-state index contributed by atoms with van der Waals surface area (Å²) in [4.78, 5) is 10.9. The van der Waals surface area contributed by atoms with E-state index < -0.39 is 23.6 Å². The van der Waals surface area contributed by atoms with Gasteiger partial charge in [0.2, 0.25) is 0 Å².